The number of carboxylic acid groups (broad SMARTS) is 1. The van der Waals surface area contributed by atoms with E-state index in [1.165, 1.54) is 12.3 Å². The van der Waals surface area contributed by atoms with Crippen LogP contribution >= 0.6 is 0 Å². The number of carboxylic acids is 1. The molecule has 1 heterocycles. The summed E-state index contributed by atoms with van der Waals surface area (Å²) in [7, 11) is 0. The zero-order chi connectivity index (χ0) is 24.4. The fraction of sp³-hybridized carbons (Fsp3) is 0.259. The van der Waals surface area contributed by atoms with Gasteiger partial charge in [0.05, 0.1) is 0 Å². The highest BCUT2D eigenvalue weighted by Crippen LogP contribution is 2.44. The Labute approximate surface area is 202 Å². The molecule has 1 saturated carbocycles. The lowest BCUT2D eigenvalue weighted by atomic mass is 9.76. The van der Waals surface area contributed by atoms with Crippen molar-refractivity contribution in [2.45, 2.75) is 37.3 Å². The average molecular weight is 472 g/mol. The molecule has 0 saturated heterocycles. The summed E-state index contributed by atoms with van der Waals surface area (Å²) in [5.41, 5.74) is 4.15. The maximum Gasteiger partial charge on any atom is 0.408 e. The van der Waals surface area contributed by atoms with Gasteiger partial charge in [0.2, 0.25) is 5.91 Å². The molecule has 0 spiro atoms. The van der Waals surface area contributed by atoms with E-state index in [0.29, 0.717) is 18.4 Å². The molecule has 0 bridgehead atoms. The zero-order valence-electron chi connectivity index (χ0n) is 19.0. The molecule has 0 atom stereocenters. The van der Waals surface area contributed by atoms with Crippen LogP contribution in [0, 0.1) is 0 Å². The number of nitrogens with one attached hydrogen (secondary N) is 2. The number of carbonyl (C=O) groups is 3. The highest BCUT2D eigenvalue weighted by atomic mass is 16.5. The standard InChI is InChI=1S/C27H25N3O5/c31-24(32)23-11-10-17(14-28-23)15-29-25(33)27(12-5-13-27)30-26(34)35-16-22-20-8-3-1-6-18(20)19-7-2-4-9-21(19)22/h1-4,6-11,14,22H,5,12-13,15-16H2,(H,29,33)(H,30,34)(H,31,32). The monoisotopic (exact) mass is 471 g/mol. The molecule has 3 N–H and O–H groups in total. The van der Waals surface area contributed by atoms with Gasteiger partial charge in [0.15, 0.2) is 0 Å². The van der Waals surface area contributed by atoms with Gasteiger partial charge in [-0.15, -0.1) is 0 Å². The summed E-state index contributed by atoms with van der Waals surface area (Å²) in [4.78, 5) is 40.4. The number of pyridine rings is 1. The Kier molecular flexibility index (Phi) is 5.94. The summed E-state index contributed by atoms with van der Waals surface area (Å²) < 4.78 is 5.62. The van der Waals surface area contributed by atoms with E-state index < -0.39 is 17.6 Å². The number of ether oxygens (including phenoxy) is 1. The summed E-state index contributed by atoms with van der Waals surface area (Å²) in [5.74, 6) is -1.46. The Hall–Kier alpha value is -4.20. The van der Waals surface area contributed by atoms with Crippen LogP contribution in [0.1, 0.15) is 52.4 Å². The molecule has 2 aromatic carbocycles. The molecule has 178 valence electrons. The van der Waals surface area contributed by atoms with Gasteiger partial charge in [-0.05, 0) is 53.1 Å². The van der Waals surface area contributed by atoms with Crippen LogP contribution in [0.2, 0.25) is 0 Å². The van der Waals surface area contributed by atoms with Crippen LogP contribution in [0.15, 0.2) is 66.9 Å². The number of carbonyl (C=O) groups excluding carboxylic acids is 2. The Morgan fingerprint density at radius 3 is 2.17 bits per heavy atom. The molecule has 8 nitrogen and oxygen atoms in total. The van der Waals surface area contributed by atoms with Crippen LogP contribution in [0.4, 0.5) is 4.79 Å². The van der Waals surface area contributed by atoms with E-state index in [1.807, 2.05) is 24.3 Å². The molecule has 1 aromatic heterocycles. The van der Waals surface area contributed by atoms with E-state index in [4.69, 9.17) is 9.84 Å². The number of hydrogen-bond donors (Lipinski definition) is 3. The van der Waals surface area contributed by atoms with Gasteiger partial charge in [-0.1, -0.05) is 54.6 Å². The topological polar surface area (TPSA) is 118 Å². The number of amides is 2. The van der Waals surface area contributed by atoms with Gasteiger partial charge in [0, 0.05) is 18.7 Å². The molecule has 0 aliphatic heterocycles. The summed E-state index contributed by atoms with van der Waals surface area (Å²) in [6, 6.07) is 19.2. The van der Waals surface area contributed by atoms with Crippen molar-refractivity contribution in [2.75, 3.05) is 6.61 Å². The molecule has 2 aliphatic carbocycles. The van der Waals surface area contributed by atoms with Crippen molar-refractivity contribution >= 4 is 18.0 Å². The first-order valence-corrected chi connectivity index (χ1v) is 11.6. The van der Waals surface area contributed by atoms with Crippen LogP contribution in [0.5, 0.6) is 0 Å². The summed E-state index contributed by atoms with van der Waals surface area (Å²) >= 11 is 0. The Morgan fingerprint density at radius 1 is 0.971 bits per heavy atom. The first-order chi connectivity index (χ1) is 17.0. The average Bonchev–Trinajstić information content (AvgIpc) is 3.17. The molecule has 35 heavy (non-hydrogen) atoms. The Bertz CT molecular complexity index is 1240. The van der Waals surface area contributed by atoms with E-state index in [9.17, 15) is 14.4 Å². The van der Waals surface area contributed by atoms with Gasteiger partial charge in [-0.2, -0.15) is 0 Å². The van der Waals surface area contributed by atoms with Crippen molar-refractivity contribution in [1.82, 2.24) is 15.6 Å². The van der Waals surface area contributed by atoms with Crippen LogP contribution in [-0.2, 0) is 16.1 Å². The number of fused-ring (bicyclic) bond motifs is 3. The fourth-order valence-electron chi connectivity index (χ4n) is 4.78. The number of hydrogen-bond acceptors (Lipinski definition) is 5. The number of aromatic nitrogens is 1. The minimum Gasteiger partial charge on any atom is -0.477 e. The van der Waals surface area contributed by atoms with E-state index in [1.54, 1.807) is 6.07 Å². The number of rotatable bonds is 7. The van der Waals surface area contributed by atoms with Crippen molar-refractivity contribution in [3.8, 4) is 11.1 Å². The van der Waals surface area contributed by atoms with E-state index in [-0.39, 0.29) is 30.7 Å². The molecule has 3 aromatic rings. The van der Waals surface area contributed by atoms with Gasteiger partial charge in [0.1, 0.15) is 17.8 Å². The molecule has 0 radical (unpaired) electrons. The minimum absolute atomic E-state index is 0.0550. The first-order valence-electron chi connectivity index (χ1n) is 11.6. The zero-order valence-corrected chi connectivity index (χ0v) is 19.0. The predicted octanol–water partition coefficient (Wildman–Crippen LogP) is 3.86. The maximum atomic E-state index is 12.9. The number of benzene rings is 2. The number of aromatic carboxylic acids is 1. The second-order valence-corrected chi connectivity index (χ2v) is 8.93. The van der Waals surface area contributed by atoms with Crippen LogP contribution in [0.3, 0.4) is 0 Å². The molecule has 5 rings (SSSR count). The number of alkyl carbamates (subject to hydrolysis) is 1. The SMILES string of the molecule is O=C(NC1(C(=O)NCc2ccc(C(=O)O)nc2)CCC1)OCC1c2ccccc2-c2ccccc21. The van der Waals surface area contributed by atoms with Crippen LogP contribution in [0.25, 0.3) is 11.1 Å². The molecule has 0 unspecified atom stereocenters. The Morgan fingerprint density at radius 2 is 1.63 bits per heavy atom. The van der Waals surface area contributed by atoms with E-state index in [2.05, 4.69) is 39.9 Å². The van der Waals surface area contributed by atoms with Gasteiger partial charge in [-0.3, -0.25) is 4.79 Å². The minimum atomic E-state index is -1.11. The molecule has 8 heteroatoms. The largest absolute Gasteiger partial charge is 0.477 e. The second-order valence-electron chi connectivity index (χ2n) is 8.93. The highest BCUT2D eigenvalue weighted by molar-refractivity contribution is 5.91. The summed E-state index contributed by atoms with van der Waals surface area (Å²) in [6.07, 6.45) is 2.68. The predicted molar refractivity (Wildman–Crippen MR) is 128 cm³/mol. The molecule has 2 amide bonds. The van der Waals surface area contributed by atoms with Gasteiger partial charge in [-0.25, -0.2) is 14.6 Å². The van der Waals surface area contributed by atoms with Crippen molar-refractivity contribution in [1.29, 1.82) is 0 Å². The van der Waals surface area contributed by atoms with Crippen molar-refractivity contribution in [3.63, 3.8) is 0 Å². The van der Waals surface area contributed by atoms with Crippen molar-refractivity contribution < 1.29 is 24.2 Å². The molecule has 1 fully saturated rings. The summed E-state index contributed by atoms with van der Waals surface area (Å²) in [6.45, 7) is 0.360. The molecule has 2 aliphatic rings. The fourth-order valence-corrected chi connectivity index (χ4v) is 4.78. The quantitative estimate of drug-likeness (QED) is 0.482. The third-order valence-electron chi connectivity index (χ3n) is 6.82. The lowest BCUT2D eigenvalue weighted by molar-refractivity contribution is -0.131. The number of nitrogens with zero attached hydrogens (tertiary/aromatic N) is 1. The van der Waals surface area contributed by atoms with Gasteiger partial charge < -0.3 is 20.5 Å². The first kappa shape index (κ1) is 22.6. The van der Waals surface area contributed by atoms with Crippen LogP contribution < -0.4 is 10.6 Å². The lowest BCUT2D eigenvalue weighted by Gasteiger charge is -2.40. The molecular weight excluding hydrogens is 446 g/mol. The van der Waals surface area contributed by atoms with Gasteiger partial charge in [0.25, 0.3) is 0 Å². The lowest BCUT2D eigenvalue weighted by Crippen LogP contribution is -2.62. The van der Waals surface area contributed by atoms with Crippen LogP contribution in [-0.4, -0.2) is 40.2 Å². The highest BCUT2D eigenvalue weighted by Gasteiger charge is 2.46. The Balaban J connectivity index is 1.20. The third-order valence-corrected chi connectivity index (χ3v) is 6.82. The summed E-state index contributed by atoms with van der Waals surface area (Å²) in [5, 5.41) is 14.6. The van der Waals surface area contributed by atoms with Gasteiger partial charge >= 0.3 is 12.1 Å². The second kappa shape index (κ2) is 9.21. The molecular formula is C27H25N3O5. The van der Waals surface area contributed by atoms with E-state index in [0.717, 1.165) is 28.7 Å². The normalized spacial score (nSPS) is 15.3. The van der Waals surface area contributed by atoms with E-state index >= 15 is 0 Å². The third kappa shape index (κ3) is 4.35. The smallest absolute Gasteiger partial charge is 0.408 e. The maximum absolute atomic E-state index is 12.9. The van der Waals surface area contributed by atoms with Crippen molar-refractivity contribution in [3.05, 3.63) is 89.2 Å². The van der Waals surface area contributed by atoms with Crippen molar-refractivity contribution in [2.24, 2.45) is 0 Å².